The molecule has 0 radical (unpaired) electrons. The summed E-state index contributed by atoms with van der Waals surface area (Å²) in [6.07, 6.45) is 9.86. The zero-order valence-corrected chi connectivity index (χ0v) is 18.2. The zero-order valence-electron chi connectivity index (χ0n) is 18.2. The van der Waals surface area contributed by atoms with Crippen molar-refractivity contribution in [2.75, 3.05) is 19.2 Å². The van der Waals surface area contributed by atoms with Crippen molar-refractivity contribution < 1.29 is 14.7 Å². The van der Waals surface area contributed by atoms with Gasteiger partial charge in [-0.3, -0.25) is 10.7 Å². The minimum atomic E-state index is 0.712. The van der Waals surface area contributed by atoms with Gasteiger partial charge in [0.2, 0.25) is 5.69 Å². The van der Waals surface area contributed by atoms with E-state index in [0.29, 0.717) is 11.4 Å². The number of nitrogens with zero attached hydrogens (tertiary/aromatic N) is 1. The quantitative estimate of drug-likeness (QED) is 0.151. The van der Waals surface area contributed by atoms with Gasteiger partial charge < -0.3 is 9.94 Å². The van der Waals surface area contributed by atoms with Crippen molar-refractivity contribution in [1.82, 2.24) is 0 Å². The number of unbranched alkanes of at least 4 members (excludes halogenated alkanes) is 5. The Balaban J connectivity index is 0.000000444. The van der Waals surface area contributed by atoms with Crippen molar-refractivity contribution in [3.8, 4) is 0 Å². The highest BCUT2D eigenvalue weighted by molar-refractivity contribution is 5.53. The van der Waals surface area contributed by atoms with Crippen molar-refractivity contribution in [1.29, 1.82) is 0 Å². The van der Waals surface area contributed by atoms with Gasteiger partial charge in [-0.2, -0.15) is 4.74 Å². The summed E-state index contributed by atoms with van der Waals surface area (Å²) in [4.78, 5) is 0. The van der Waals surface area contributed by atoms with Crippen LogP contribution in [0.4, 0.5) is 11.4 Å². The molecule has 0 fully saturated rings. The van der Waals surface area contributed by atoms with Gasteiger partial charge in [0, 0.05) is 32.3 Å². The second-order valence-corrected chi connectivity index (χ2v) is 6.52. The van der Waals surface area contributed by atoms with Gasteiger partial charge in [-0.1, -0.05) is 75.9 Å². The van der Waals surface area contributed by atoms with Crippen LogP contribution in [0.25, 0.3) is 0 Å². The van der Waals surface area contributed by atoms with Crippen LogP contribution in [0, 0.1) is 5.21 Å². The topological polar surface area (TPSA) is 67.6 Å². The molecule has 0 aromatic heterocycles. The summed E-state index contributed by atoms with van der Waals surface area (Å²) in [5, 5.41) is 19.8. The molecule has 5 nitrogen and oxygen atoms in total. The first kappa shape index (κ1) is 26.6. The van der Waals surface area contributed by atoms with Gasteiger partial charge in [0.1, 0.15) is 0 Å². The number of hydrogen-bond acceptors (Lipinski definition) is 4. The van der Waals surface area contributed by atoms with Crippen molar-refractivity contribution >= 4 is 17.6 Å². The van der Waals surface area contributed by atoms with Gasteiger partial charge >= 0.3 is 0 Å². The van der Waals surface area contributed by atoms with Crippen LogP contribution in [-0.2, 0) is 4.74 Å². The fourth-order valence-corrected chi connectivity index (χ4v) is 2.29. The van der Waals surface area contributed by atoms with Crippen LogP contribution >= 0.6 is 0 Å². The fourth-order valence-electron chi connectivity index (χ4n) is 2.29. The molecule has 0 aliphatic carbocycles. The number of methoxy groups -OCH3 is 1. The third kappa shape index (κ3) is 16.3. The molecule has 0 spiro atoms. The van der Waals surface area contributed by atoms with E-state index < -0.39 is 0 Å². The molecule has 0 saturated carbocycles. The summed E-state index contributed by atoms with van der Waals surface area (Å²) in [5.41, 5.74) is 3.45. The molecule has 0 aliphatic heterocycles. The lowest BCUT2D eigenvalue weighted by Crippen LogP contribution is -1.96. The summed E-state index contributed by atoms with van der Waals surface area (Å²) < 4.78 is 5.80. The Hall–Kier alpha value is -2.37. The summed E-state index contributed by atoms with van der Waals surface area (Å²) >= 11 is 0. The SMILES string of the molecule is CCCCC/C=[N+](\[O-])c1ccccc1.CCCCCOC.ONc1ccccc1. The van der Waals surface area contributed by atoms with Crippen LogP contribution in [0.15, 0.2) is 60.7 Å². The Morgan fingerprint density at radius 1 is 0.897 bits per heavy atom. The second kappa shape index (κ2) is 20.4. The van der Waals surface area contributed by atoms with Crippen molar-refractivity contribution in [2.24, 2.45) is 0 Å². The molecule has 0 saturated heterocycles. The van der Waals surface area contributed by atoms with Crippen LogP contribution in [-0.4, -0.2) is 29.9 Å². The molecule has 0 amide bonds. The Labute approximate surface area is 176 Å². The van der Waals surface area contributed by atoms with E-state index in [0.717, 1.165) is 24.2 Å². The fraction of sp³-hybridized carbons (Fsp3) is 0.458. The molecule has 0 bridgehead atoms. The molecule has 2 aromatic carbocycles. The molecular formula is C24H38N2O3. The third-order valence-corrected chi connectivity index (χ3v) is 3.97. The van der Waals surface area contributed by atoms with Gasteiger partial charge in [-0.25, -0.2) is 0 Å². The van der Waals surface area contributed by atoms with E-state index in [1.54, 1.807) is 25.5 Å². The van der Waals surface area contributed by atoms with Crippen LogP contribution in [0.2, 0.25) is 0 Å². The first-order chi connectivity index (χ1) is 14.2. The molecule has 2 aromatic rings. The maximum atomic E-state index is 11.5. The number of hydrogen-bond donors (Lipinski definition) is 2. The highest BCUT2D eigenvalue weighted by Crippen LogP contribution is 2.08. The third-order valence-electron chi connectivity index (χ3n) is 3.97. The highest BCUT2D eigenvalue weighted by atomic mass is 16.5. The van der Waals surface area contributed by atoms with Crippen LogP contribution < -0.4 is 5.48 Å². The van der Waals surface area contributed by atoms with E-state index in [9.17, 15) is 5.21 Å². The molecule has 162 valence electrons. The van der Waals surface area contributed by atoms with E-state index >= 15 is 0 Å². The second-order valence-electron chi connectivity index (χ2n) is 6.52. The Morgan fingerprint density at radius 2 is 1.45 bits per heavy atom. The van der Waals surface area contributed by atoms with Crippen molar-refractivity contribution in [3.63, 3.8) is 0 Å². The highest BCUT2D eigenvalue weighted by Gasteiger charge is 1.97. The van der Waals surface area contributed by atoms with Crippen LogP contribution in [0.3, 0.4) is 0 Å². The molecule has 0 heterocycles. The predicted octanol–water partition coefficient (Wildman–Crippen LogP) is 6.79. The summed E-state index contributed by atoms with van der Waals surface area (Å²) in [6, 6.07) is 18.4. The maximum absolute atomic E-state index is 11.5. The monoisotopic (exact) mass is 402 g/mol. The average molecular weight is 403 g/mol. The Morgan fingerprint density at radius 3 is 1.93 bits per heavy atom. The van der Waals surface area contributed by atoms with E-state index in [2.05, 4.69) is 13.8 Å². The minimum absolute atomic E-state index is 0.712. The van der Waals surface area contributed by atoms with Gasteiger partial charge in [0.15, 0.2) is 6.21 Å². The lowest BCUT2D eigenvalue weighted by atomic mass is 10.2. The molecule has 0 unspecified atom stereocenters. The molecular weight excluding hydrogens is 364 g/mol. The summed E-state index contributed by atoms with van der Waals surface area (Å²) in [5.74, 6) is 0. The van der Waals surface area contributed by atoms with Crippen molar-refractivity contribution in [2.45, 2.75) is 58.8 Å². The molecule has 5 heteroatoms. The first-order valence-electron chi connectivity index (χ1n) is 10.5. The number of para-hydroxylation sites is 2. The molecule has 2 N–H and O–H groups in total. The lowest BCUT2D eigenvalue weighted by molar-refractivity contribution is -0.356. The summed E-state index contributed by atoms with van der Waals surface area (Å²) in [6.45, 7) is 5.27. The minimum Gasteiger partial charge on any atom is -0.619 e. The number of benzene rings is 2. The molecule has 2 rings (SSSR count). The smallest absolute Gasteiger partial charge is 0.216 e. The number of rotatable bonds is 10. The maximum Gasteiger partial charge on any atom is 0.216 e. The van der Waals surface area contributed by atoms with E-state index in [4.69, 9.17) is 9.94 Å². The Bertz CT molecular complexity index is 600. The zero-order chi connectivity index (χ0) is 21.6. The number of anilines is 1. The Kier molecular flexibility index (Phi) is 18.7. The lowest BCUT2D eigenvalue weighted by Gasteiger charge is -2.01. The van der Waals surface area contributed by atoms with E-state index in [1.807, 2.05) is 54.0 Å². The molecule has 0 atom stereocenters. The summed E-state index contributed by atoms with van der Waals surface area (Å²) in [7, 11) is 1.75. The van der Waals surface area contributed by atoms with Crippen LogP contribution in [0.1, 0.15) is 58.8 Å². The van der Waals surface area contributed by atoms with Gasteiger partial charge in [-0.15, -0.1) is 0 Å². The standard InChI is InChI=1S/C12H17NO.C6H7NO.C6H14O/c1-2-3-4-8-11-13(14)12-9-6-5-7-10-12;8-7-6-4-2-1-3-5-6;1-3-4-5-6-7-2/h5-7,9-11H,2-4,8H2,1H3;1-5,7-8H;3-6H2,1-2H3/b13-11-;;. The predicted molar refractivity (Wildman–Crippen MR) is 123 cm³/mol. The van der Waals surface area contributed by atoms with Gasteiger partial charge in [0.05, 0.1) is 5.69 Å². The molecule has 0 aliphatic rings. The first-order valence-corrected chi connectivity index (χ1v) is 10.5. The van der Waals surface area contributed by atoms with E-state index in [1.165, 1.54) is 32.1 Å². The number of nitrogens with one attached hydrogen (secondary N) is 1. The van der Waals surface area contributed by atoms with Gasteiger partial charge in [0.25, 0.3) is 0 Å². The largest absolute Gasteiger partial charge is 0.619 e. The molecule has 29 heavy (non-hydrogen) atoms. The average Bonchev–Trinajstić information content (AvgIpc) is 2.79. The normalized spacial score (nSPS) is 10.3. The van der Waals surface area contributed by atoms with Gasteiger partial charge in [-0.05, 0) is 25.0 Å². The van der Waals surface area contributed by atoms with Crippen molar-refractivity contribution in [3.05, 3.63) is 65.9 Å². The number of ether oxygens (including phenoxy) is 1. The van der Waals surface area contributed by atoms with E-state index in [-0.39, 0.29) is 0 Å². The van der Waals surface area contributed by atoms with Crippen LogP contribution in [0.5, 0.6) is 0 Å².